The number of nitrogens with zero attached hydrogens (tertiary/aromatic N) is 2. The highest BCUT2D eigenvalue weighted by atomic mass is 16.6. The van der Waals surface area contributed by atoms with Gasteiger partial charge in [0, 0.05) is 26.6 Å². The lowest BCUT2D eigenvalue weighted by molar-refractivity contribution is -0.384. The predicted molar refractivity (Wildman–Crippen MR) is 72.2 cm³/mol. The molecule has 0 fully saturated rings. The van der Waals surface area contributed by atoms with Crippen LogP contribution < -0.4 is 16.0 Å². The van der Waals surface area contributed by atoms with E-state index in [9.17, 15) is 14.9 Å². The molecule has 0 saturated carbocycles. The zero-order chi connectivity index (χ0) is 14.3. The van der Waals surface area contributed by atoms with Crippen LogP contribution in [0, 0.1) is 10.1 Å². The van der Waals surface area contributed by atoms with Gasteiger partial charge >= 0.3 is 0 Å². The van der Waals surface area contributed by atoms with Crippen molar-refractivity contribution in [2.24, 2.45) is 0 Å². The molecule has 104 valence electrons. The molecule has 3 N–H and O–H groups in total. The van der Waals surface area contributed by atoms with Crippen LogP contribution in [-0.2, 0) is 4.79 Å². The fourth-order valence-electron chi connectivity index (χ4n) is 1.41. The Bertz CT molecular complexity index is 464. The molecule has 1 aromatic heterocycles. The van der Waals surface area contributed by atoms with Crippen molar-refractivity contribution in [2.75, 3.05) is 30.8 Å². The molecular formula is C11H17N5O3. The molecule has 8 nitrogen and oxygen atoms in total. The average molecular weight is 267 g/mol. The SMILES string of the molecule is CCNc1cc([N+](=O)[O-])cc(NCCC(=O)NC)n1. The highest BCUT2D eigenvalue weighted by Crippen LogP contribution is 2.20. The van der Waals surface area contributed by atoms with E-state index >= 15 is 0 Å². The highest BCUT2D eigenvalue weighted by Gasteiger charge is 2.11. The van der Waals surface area contributed by atoms with E-state index in [1.807, 2.05) is 6.92 Å². The van der Waals surface area contributed by atoms with Crippen molar-refractivity contribution in [2.45, 2.75) is 13.3 Å². The molecule has 0 aliphatic carbocycles. The second kappa shape index (κ2) is 7.14. The van der Waals surface area contributed by atoms with Crippen molar-refractivity contribution >= 4 is 23.2 Å². The van der Waals surface area contributed by atoms with Crippen LogP contribution >= 0.6 is 0 Å². The molecule has 0 unspecified atom stereocenters. The lowest BCUT2D eigenvalue weighted by Crippen LogP contribution is -2.21. The van der Waals surface area contributed by atoms with Gasteiger partial charge < -0.3 is 16.0 Å². The summed E-state index contributed by atoms with van der Waals surface area (Å²) >= 11 is 0. The summed E-state index contributed by atoms with van der Waals surface area (Å²) < 4.78 is 0. The molecule has 19 heavy (non-hydrogen) atoms. The first-order valence-electron chi connectivity index (χ1n) is 5.91. The molecule has 1 amide bonds. The molecule has 8 heteroatoms. The van der Waals surface area contributed by atoms with Gasteiger partial charge in [0.1, 0.15) is 11.6 Å². The molecule has 0 saturated heterocycles. The number of nitro groups is 1. The minimum absolute atomic E-state index is 0.0478. The van der Waals surface area contributed by atoms with Gasteiger partial charge in [-0.05, 0) is 6.92 Å². The highest BCUT2D eigenvalue weighted by molar-refractivity contribution is 5.76. The monoisotopic (exact) mass is 267 g/mol. The Morgan fingerprint density at radius 3 is 2.53 bits per heavy atom. The summed E-state index contributed by atoms with van der Waals surface area (Å²) in [4.78, 5) is 25.5. The van der Waals surface area contributed by atoms with Gasteiger partial charge in [-0.25, -0.2) is 4.98 Å². The van der Waals surface area contributed by atoms with Gasteiger partial charge in [0.2, 0.25) is 5.91 Å². The number of amides is 1. The van der Waals surface area contributed by atoms with Crippen LogP contribution in [0.15, 0.2) is 12.1 Å². The van der Waals surface area contributed by atoms with Crippen molar-refractivity contribution in [1.82, 2.24) is 10.3 Å². The summed E-state index contributed by atoms with van der Waals surface area (Å²) in [6, 6.07) is 2.71. The molecule has 0 radical (unpaired) electrons. The van der Waals surface area contributed by atoms with Crippen LogP contribution in [0.3, 0.4) is 0 Å². The van der Waals surface area contributed by atoms with Crippen LogP contribution in [0.2, 0.25) is 0 Å². The maximum Gasteiger partial charge on any atom is 0.276 e. The quantitative estimate of drug-likeness (QED) is 0.501. The Morgan fingerprint density at radius 2 is 2.00 bits per heavy atom. The Kier molecular flexibility index (Phi) is 5.52. The number of hydrogen-bond acceptors (Lipinski definition) is 6. The van der Waals surface area contributed by atoms with E-state index in [-0.39, 0.29) is 18.0 Å². The normalized spacial score (nSPS) is 9.79. The number of aromatic nitrogens is 1. The molecule has 0 atom stereocenters. The predicted octanol–water partition coefficient (Wildman–Crippen LogP) is 0.970. The smallest absolute Gasteiger partial charge is 0.276 e. The number of rotatable bonds is 7. The van der Waals surface area contributed by atoms with Gasteiger partial charge in [-0.3, -0.25) is 14.9 Å². The number of carbonyl (C=O) groups excluding carboxylic acids is 1. The van der Waals surface area contributed by atoms with E-state index in [2.05, 4.69) is 20.9 Å². The number of anilines is 2. The second-order valence-electron chi connectivity index (χ2n) is 3.73. The zero-order valence-electron chi connectivity index (χ0n) is 10.9. The molecule has 0 aromatic carbocycles. The lowest BCUT2D eigenvalue weighted by atomic mass is 10.3. The summed E-state index contributed by atoms with van der Waals surface area (Å²) in [5, 5.41) is 19.1. The molecular weight excluding hydrogens is 250 g/mol. The van der Waals surface area contributed by atoms with Crippen LogP contribution in [0.25, 0.3) is 0 Å². The largest absolute Gasteiger partial charge is 0.370 e. The van der Waals surface area contributed by atoms with Gasteiger partial charge in [-0.1, -0.05) is 0 Å². The summed E-state index contributed by atoms with van der Waals surface area (Å²) in [6.07, 6.45) is 0.275. The first-order valence-corrected chi connectivity index (χ1v) is 5.91. The minimum atomic E-state index is -0.480. The number of carbonyl (C=O) groups is 1. The molecule has 0 aliphatic heterocycles. The second-order valence-corrected chi connectivity index (χ2v) is 3.73. The topological polar surface area (TPSA) is 109 Å². The van der Waals surface area contributed by atoms with Crippen molar-refractivity contribution < 1.29 is 9.72 Å². The maximum absolute atomic E-state index is 11.1. The first-order chi connectivity index (χ1) is 9.06. The van der Waals surface area contributed by atoms with Gasteiger partial charge in [0.05, 0.1) is 17.1 Å². The molecule has 0 spiro atoms. The summed E-state index contributed by atoms with van der Waals surface area (Å²) in [7, 11) is 1.55. The van der Waals surface area contributed by atoms with Crippen LogP contribution in [0.1, 0.15) is 13.3 Å². The van der Waals surface area contributed by atoms with Crippen LogP contribution in [-0.4, -0.2) is 36.0 Å². The molecule has 1 aromatic rings. The van der Waals surface area contributed by atoms with E-state index in [1.165, 1.54) is 12.1 Å². The van der Waals surface area contributed by atoms with Crippen LogP contribution in [0.5, 0.6) is 0 Å². The van der Waals surface area contributed by atoms with E-state index in [4.69, 9.17) is 0 Å². The van der Waals surface area contributed by atoms with Gasteiger partial charge in [0.15, 0.2) is 0 Å². The zero-order valence-corrected chi connectivity index (χ0v) is 10.9. The van der Waals surface area contributed by atoms with Gasteiger partial charge in [0.25, 0.3) is 5.69 Å². The summed E-state index contributed by atoms with van der Waals surface area (Å²) in [5.41, 5.74) is -0.0478. The summed E-state index contributed by atoms with van der Waals surface area (Å²) in [6.45, 7) is 2.85. The Morgan fingerprint density at radius 1 is 1.37 bits per heavy atom. The van der Waals surface area contributed by atoms with Crippen LogP contribution in [0.4, 0.5) is 17.3 Å². The minimum Gasteiger partial charge on any atom is -0.370 e. The summed E-state index contributed by atoms with van der Waals surface area (Å²) in [5.74, 6) is 0.693. The van der Waals surface area contributed by atoms with E-state index in [0.717, 1.165) is 0 Å². The Balaban J connectivity index is 2.75. The molecule has 0 bridgehead atoms. The number of nitrogens with one attached hydrogen (secondary N) is 3. The first kappa shape index (κ1) is 14.7. The third-order valence-corrected chi connectivity index (χ3v) is 2.32. The van der Waals surface area contributed by atoms with Gasteiger partial charge in [-0.2, -0.15) is 0 Å². The third-order valence-electron chi connectivity index (χ3n) is 2.32. The van der Waals surface area contributed by atoms with Crippen molar-refractivity contribution in [3.63, 3.8) is 0 Å². The maximum atomic E-state index is 11.1. The van der Waals surface area contributed by atoms with Crippen molar-refractivity contribution in [3.05, 3.63) is 22.2 Å². The van der Waals surface area contributed by atoms with Crippen molar-refractivity contribution in [3.8, 4) is 0 Å². The Hall–Kier alpha value is -2.38. The van der Waals surface area contributed by atoms with E-state index in [1.54, 1.807) is 7.05 Å². The van der Waals surface area contributed by atoms with Crippen molar-refractivity contribution in [1.29, 1.82) is 0 Å². The standard InChI is InChI=1S/C11H17N5O3/c1-3-13-9-6-8(16(18)19)7-10(15-9)14-5-4-11(17)12-2/h6-7H,3-5H2,1-2H3,(H,12,17)(H2,13,14,15). The van der Waals surface area contributed by atoms with Gasteiger partial charge in [-0.15, -0.1) is 0 Å². The fraction of sp³-hybridized carbons (Fsp3) is 0.455. The lowest BCUT2D eigenvalue weighted by Gasteiger charge is -2.08. The van der Waals surface area contributed by atoms with E-state index in [0.29, 0.717) is 24.7 Å². The molecule has 1 rings (SSSR count). The molecule has 0 aliphatic rings. The number of hydrogen-bond donors (Lipinski definition) is 3. The third kappa shape index (κ3) is 4.78. The van der Waals surface area contributed by atoms with E-state index < -0.39 is 4.92 Å². The Labute approximate surface area is 110 Å². The fourth-order valence-corrected chi connectivity index (χ4v) is 1.41. The average Bonchev–Trinajstić information content (AvgIpc) is 2.38. The molecule has 1 heterocycles. The number of pyridine rings is 1.